The van der Waals surface area contributed by atoms with Crippen LogP contribution in [0.1, 0.15) is 13.3 Å². The van der Waals surface area contributed by atoms with Crippen LogP contribution < -0.4 is 0 Å². The fourth-order valence-electron chi connectivity index (χ4n) is 0.801. The van der Waals surface area contributed by atoms with Crippen molar-refractivity contribution >= 4 is 12.0 Å². The molecule has 0 aliphatic carbocycles. The highest BCUT2D eigenvalue weighted by atomic mass is 16.3. The third-order valence-electron chi connectivity index (χ3n) is 1.46. The van der Waals surface area contributed by atoms with Crippen LogP contribution >= 0.6 is 0 Å². The van der Waals surface area contributed by atoms with Gasteiger partial charge in [-0.15, -0.1) is 0 Å². The third kappa shape index (κ3) is 1.30. The summed E-state index contributed by atoms with van der Waals surface area (Å²) in [7, 11) is 0. The Morgan fingerprint density at radius 1 is 1.90 bits per heavy atom. The number of aliphatic imine (C=N–C) groups is 1. The molecule has 0 aromatic rings. The quantitative estimate of drug-likeness (QED) is 0.531. The topological polar surface area (TPSA) is 49.7 Å². The van der Waals surface area contributed by atoms with E-state index in [1.165, 1.54) is 0 Å². The lowest BCUT2D eigenvalue weighted by molar-refractivity contribution is -0.105. The first-order valence-corrected chi connectivity index (χ1v) is 3.12. The van der Waals surface area contributed by atoms with Crippen molar-refractivity contribution in [2.75, 3.05) is 0 Å². The minimum Gasteiger partial charge on any atom is -0.387 e. The second kappa shape index (κ2) is 2.75. The van der Waals surface area contributed by atoms with Crippen LogP contribution in [0.15, 0.2) is 16.8 Å². The van der Waals surface area contributed by atoms with Gasteiger partial charge in [-0.05, 0) is 13.3 Å². The van der Waals surface area contributed by atoms with E-state index in [9.17, 15) is 4.79 Å². The molecule has 54 valence electrons. The predicted octanol–water partition coefficient (Wildman–Crippen LogP) is 0.295. The first-order valence-electron chi connectivity index (χ1n) is 3.12. The number of hydrogen-bond acceptors (Lipinski definition) is 3. The van der Waals surface area contributed by atoms with Gasteiger partial charge in [0.25, 0.3) is 0 Å². The lowest BCUT2D eigenvalue weighted by atomic mass is 10.1. The van der Waals surface area contributed by atoms with Crippen molar-refractivity contribution in [1.29, 1.82) is 0 Å². The van der Waals surface area contributed by atoms with Crippen molar-refractivity contribution in [3.05, 3.63) is 11.8 Å². The van der Waals surface area contributed by atoms with Gasteiger partial charge in [0.1, 0.15) is 0 Å². The van der Waals surface area contributed by atoms with E-state index in [4.69, 9.17) is 5.11 Å². The molecule has 1 unspecified atom stereocenters. The Hall–Kier alpha value is -0.960. The number of nitrogens with zero attached hydrogens (tertiary/aromatic N) is 1. The molecule has 1 aliphatic rings. The van der Waals surface area contributed by atoms with Crippen LogP contribution in [-0.2, 0) is 4.79 Å². The number of allylic oxidation sites excluding steroid dienone is 1. The molecule has 0 aromatic heterocycles. The molecule has 0 fully saturated rings. The van der Waals surface area contributed by atoms with Crippen molar-refractivity contribution in [1.82, 2.24) is 0 Å². The number of hydrogen-bond donors (Lipinski definition) is 1. The molecule has 0 spiro atoms. The molecule has 0 saturated carbocycles. The first kappa shape index (κ1) is 7.15. The zero-order chi connectivity index (χ0) is 7.56. The standard InChI is InChI=1S/C7H9NO2/c1-5-7(10)3-2-6(4-9)8-5/h2,4,7,10H,3H2,1H3. The van der Waals surface area contributed by atoms with E-state index in [-0.39, 0.29) is 0 Å². The zero-order valence-corrected chi connectivity index (χ0v) is 5.74. The van der Waals surface area contributed by atoms with Crippen molar-refractivity contribution in [3.8, 4) is 0 Å². The van der Waals surface area contributed by atoms with Gasteiger partial charge >= 0.3 is 0 Å². The molecule has 3 nitrogen and oxygen atoms in total. The van der Waals surface area contributed by atoms with Crippen LogP contribution in [0.4, 0.5) is 0 Å². The van der Waals surface area contributed by atoms with Crippen LogP contribution in [0.3, 0.4) is 0 Å². The summed E-state index contributed by atoms with van der Waals surface area (Å²) in [5.41, 5.74) is 1.03. The Morgan fingerprint density at radius 3 is 3.10 bits per heavy atom. The number of carbonyl (C=O) groups excluding carboxylic acids is 1. The molecule has 1 N–H and O–H groups in total. The van der Waals surface area contributed by atoms with Gasteiger partial charge in [-0.25, -0.2) is 0 Å². The van der Waals surface area contributed by atoms with Crippen LogP contribution in [0.5, 0.6) is 0 Å². The molecule has 0 amide bonds. The molecular formula is C7H9NO2. The minimum absolute atomic E-state index is 0.419. The van der Waals surface area contributed by atoms with Gasteiger partial charge in [-0.2, -0.15) is 0 Å². The average Bonchev–Trinajstić information content (AvgIpc) is 1.95. The zero-order valence-electron chi connectivity index (χ0n) is 5.74. The number of aldehydes is 1. The van der Waals surface area contributed by atoms with E-state index < -0.39 is 6.10 Å². The van der Waals surface area contributed by atoms with Gasteiger partial charge in [0.2, 0.25) is 0 Å². The fourth-order valence-corrected chi connectivity index (χ4v) is 0.801. The highest BCUT2D eigenvalue weighted by Gasteiger charge is 2.11. The molecule has 3 heteroatoms. The molecule has 1 atom stereocenters. The summed E-state index contributed by atoms with van der Waals surface area (Å²) < 4.78 is 0. The van der Waals surface area contributed by atoms with Gasteiger partial charge in [0.15, 0.2) is 6.29 Å². The number of carbonyl (C=O) groups is 1. The average molecular weight is 139 g/mol. The molecular weight excluding hydrogens is 130 g/mol. The Kier molecular flexibility index (Phi) is 1.97. The summed E-state index contributed by atoms with van der Waals surface area (Å²) >= 11 is 0. The van der Waals surface area contributed by atoms with E-state index in [1.807, 2.05) is 0 Å². The maximum Gasteiger partial charge on any atom is 0.168 e. The molecule has 1 heterocycles. The van der Waals surface area contributed by atoms with Gasteiger partial charge in [0, 0.05) is 5.71 Å². The third-order valence-corrected chi connectivity index (χ3v) is 1.46. The van der Waals surface area contributed by atoms with Crippen molar-refractivity contribution in [2.45, 2.75) is 19.4 Å². The predicted molar refractivity (Wildman–Crippen MR) is 37.9 cm³/mol. The summed E-state index contributed by atoms with van der Waals surface area (Å²) in [6.45, 7) is 1.71. The fraction of sp³-hybridized carbons (Fsp3) is 0.429. The van der Waals surface area contributed by atoms with Crippen molar-refractivity contribution < 1.29 is 9.90 Å². The Balaban J connectivity index is 2.78. The Morgan fingerprint density at radius 2 is 2.60 bits per heavy atom. The second-order valence-electron chi connectivity index (χ2n) is 2.25. The highest BCUT2D eigenvalue weighted by Crippen LogP contribution is 2.08. The summed E-state index contributed by atoms with van der Waals surface area (Å²) in [6, 6.07) is 0. The molecule has 10 heavy (non-hydrogen) atoms. The summed E-state index contributed by atoms with van der Waals surface area (Å²) in [4.78, 5) is 14.0. The SMILES string of the molecule is CC1=NC(C=O)=CCC1O. The lowest BCUT2D eigenvalue weighted by Gasteiger charge is -2.11. The van der Waals surface area contributed by atoms with Crippen LogP contribution in [0.2, 0.25) is 0 Å². The van der Waals surface area contributed by atoms with Gasteiger partial charge in [0.05, 0.1) is 11.8 Å². The Bertz CT molecular complexity index is 206. The molecule has 0 bridgehead atoms. The monoisotopic (exact) mass is 139 g/mol. The highest BCUT2D eigenvalue weighted by molar-refractivity contribution is 5.91. The van der Waals surface area contributed by atoms with Gasteiger partial charge in [-0.1, -0.05) is 6.08 Å². The van der Waals surface area contributed by atoms with Gasteiger partial charge < -0.3 is 5.11 Å². The van der Waals surface area contributed by atoms with E-state index in [2.05, 4.69) is 4.99 Å². The Labute approximate surface area is 59.1 Å². The van der Waals surface area contributed by atoms with E-state index >= 15 is 0 Å². The minimum atomic E-state index is -0.497. The molecule has 1 rings (SSSR count). The van der Waals surface area contributed by atoms with E-state index in [1.54, 1.807) is 13.0 Å². The maximum absolute atomic E-state index is 10.2. The molecule has 1 aliphatic heterocycles. The largest absolute Gasteiger partial charge is 0.387 e. The number of rotatable bonds is 1. The number of aliphatic hydroxyl groups excluding tert-OH is 1. The van der Waals surface area contributed by atoms with Gasteiger partial charge in [-0.3, -0.25) is 9.79 Å². The number of aliphatic hydroxyl groups is 1. The summed E-state index contributed by atoms with van der Waals surface area (Å²) in [5, 5.41) is 9.10. The lowest BCUT2D eigenvalue weighted by Crippen LogP contribution is -2.19. The first-order chi connectivity index (χ1) is 4.74. The van der Waals surface area contributed by atoms with E-state index in [0.717, 1.165) is 0 Å². The van der Waals surface area contributed by atoms with Crippen molar-refractivity contribution in [2.24, 2.45) is 4.99 Å². The van der Waals surface area contributed by atoms with Crippen LogP contribution in [-0.4, -0.2) is 23.2 Å². The normalized spacial score (nSPS) is 25.2. The van der Waals surface area contributed by atoms with Crippen LogP contribution in [0.25, 0.3) is 0 Å². The molecule has 0 saturated heterocycles. The van der Waals surface area contributed by atoms with E-state index in [0.29, 0.717) is 24.1 Å². The summed E-state index contributed by atoms with van der Waals surface area (Å²) in [5.74, 6) is 0. The second-order valence-corrected chi connectivity index (χ2v) is 2.25. The summed E-state index contributed by atoms with van der Waals surface area (Å²) in [6.07, 6.45) is 2.33. The molecule has 0 aromatic carbocycles. The van der Waals surface area contributed by atoms with Crippen molar-refractivity contribution in [3.63, 3.8) is 0 Å². The maximum atomic E-state index is 10.2. The molecule has 0 radical (unpaired) electrons. The smallest absolute Gasteiger partial charge is 0.168 e. The van der Waals surface area contributed by atoms with Crippen LogP contribution in [0, 0.1) is 0 Å².